The topological polar surface area (TPSA) is 223 Å². The highest BCUT2D eigenvalue weighted by molar-refractivity contribution is 5.89. The third-order valence-electron chi connectivity index (χ3n) is 4.27. The quantitative estimate of drug-likeness (QED) is 0.217. The van der Waals surface area contributed by atoms with Gasteiger partial charge in [0.25, 0.3) is 0 Å². The van der Waals surface area contributed by atoms with Crippen LogP contribution in [0.5, 0.6) is 0 Å². The van der Waals surface area contributed by atoms with Crippen LogP contribution >= 0.6 is 0 Å². The van der Waals surface area contributed by atoms with Crippen molar-refractivity contribution in [3.05, 3.63) is 11.5 Å². The predicted molar refractivity (Wildman–Crippen MR) is 71.1 cm³/mol. The molecule has 12 heteroatoms. The van der Waals surface area contributed by atoms with Crippen molar-refractivity contribution in [3.8, 4) is 0 Å². The summed E-state index contributed by atoms with van der Waals surface area (Å²) in [5, 5.41) is 78.6. The first kappa shape index (κ1) is 18.8. The average molecular weight is 353 g/mol. The summed E-state index contributed by atoms with van der Waals surface area (Å²) in [5.41, 5.74) is 2.52. The molecule has 0 radical (unpaired) electrons. The van der Waals surface area contributed by atoms with Crippen LogP contribution in [0, 0.1) is 0 Å². The SMILES string of the molecule is N[C@@H]1[C@@H](O)[C@H](O)[C@@H](CO)O[C@@]1(O)[C@@](O)(CO)[C@H]1OC(=O)C(O)=C1O. The highest BCUT2D eigenvalue weighted by Gasteiger charge is 2.68. The van der Waals surface area contributed by atoms with Crippen molar-refractivity contribution >= 4 is 5.97 Å². The van der Waals surface area contributed by atoms with Crippen LogP contribution in [0.2, 0.25) is 0 Å². The molecule has 7 atom stereocenters. The molecule has 10 N–H and O–H groups in total. The minimum atomic E-state index is -3.09. The Bertz CT molecular complexity index is 551. The Balaban J connectivity index is 2.49. The molecule has 12 nitrogen and oxygen atoms in total. The second-order valence-corrected chi connectivity index (χ2v) is 5.64. The van der Waals surface area contributed by atoms with Crippen molar-refractivity contribution in [2.45, 2.75) is 41.8 Å². The van der Waals surface area contributed by atoms with Gasteiger partial charge in [-0.1, -0.05) is 0 Å². The molecule has 2 aliphatic rings. The Kier molecular flexibility index (Phi) is 4.78. The van der Waals surface area contributed by atoms with Gasteiger partial charge in [-0.3, -0.25) is 0 Å². The molecule has 1 saturated heterocycles. The summed E-state index contributed by atoms with van der Waals surface area (Å²) in [6.45, 7) is -2.32. The van der Waals surface area contributed by atoms with E-state index in [0.717, 1.165) is 0 Å². The van der Waals surface area contributed by atoms with Crippen LogP contribution in [-0.2, 0) is 14.3 Å². The van der Waals surface area contributed by atoms with Gasteiger partial charge >= 0.3 is 5.97 Å². The van der Waals surface area contributed by atoms with Crippen molar-refractivity contribution in [1.29, 1.82) is 0 Å². The summed E-state index contributed by atoms with van der Waals surface area (Å²) in [7, 11) is 0. The highest BCUT2D eigenvalue weighted by Crippen LogP contribution is 2.41. The number of hydrogen-bond donors (Lipinski definition) is 9. The molecule has 0 unspecified atom stereocenters. The molecular weight excluding hydrogens is 334 g/mol. The minimum Gasteiger partial charge on any atom is -0.505 e. The number of aliphatic hydroxyl groups is 8. The van der Waals surface area contributed by atoms with Crippen LogP contribution in [0.1, 0.15) is 0 Å². The maximum Gasteiger partial charge on any atom is 0.378 e. The van der Waals surface area contributed by atoms with E-state index in [-0.39, 0.29) is 0 Å². The number of nitrogens with two attached hydrogens (primary N) is 1. The van der Waals surface area contributed by atoms with Crippen LogP contribution in [0.25, 0.3) is 0 Å². The molecule has 0 amide bonds. The van der Waals surface area contributed by atoms with E-state index in [2.05, 4.69) is 4.74 Å². The Morgan fingerprint density at radius 3 is 2.21 bits per heavy atom. The van der Waals surface area contributed by atoms with Gasteiger partial charge in [0.15, 0.2) is 17.5 Å². The van der Waals surface area contributed by atoms with E-state index in [9.17, 15) is 40.5 Å². The maximum absolute atomic E-state index is 11.3. The van der Waals surface area contributed by atoms with Gasteiger partial charge in [-0.05, 0) is 0 Å². The number of cyclic esters (lactones) is 1. The molecule has 2 heterocycles. The normalized spacial score (nSPS) is 42.8. The first-order valence-corrected chi connectivity index (χ1v) is 6.84. The van der Waals surface area contributed by atoms with E-state index in [4.69, 9.17) is 15.6 Å². The van der Waals surface area contributed by atoms with Gasteiger partial charge in [0.05, 0.1) is 19.3 Å². The molecule has 24 heavy (non-hydrogen) atoms. The van der Waals surface area contributed by atoms with Crippen LogP contribution < -0.4 is 5.73 Å². The zero-order chi connectivity index (χ0) is 18.4. The lowest BCUT2D eigenvalue weighted by Crippen LogP contribution is -2.79. The monoisotopic (exact) mass is 353 g/mol. The second kappa shape index (κ2) is 6.09. The van der Waals surface area contributed by atoms with Crippen molar-refractivity contribution in [3.63, 3.8) is 0 Å². The zero-order valence-corrected chi connectivity index (χ0v) is 12.2. The Morgan fingerprint density at radius 2 is 1.79 bits per heavy atom. The summed E-state index contributed by atoms with van der Waals surface area (Å²) < 4.78 is 9.47. The molecule has 0 saturated carbocycles. The van der Waals surface area contributed by atoms with Gasteiger partial charge in [-0.25, -0.2) is 4.79 Å². The number of hydrogen-bond acceptors (Lipinski definition) is 12. The molecule has 0 spiro atoms. The van der Waals surface area contributed by atoms with Crippen LogP contribution in [-0.4, -0.2) is 102 Å². The molecule has 1 fully saturated rings. The Labute approximate surface area is 134 Å². The lowest BCUT2D eigenvalue weighted by Gasteiger charge is -2.53. The van der Waals surface area contributed by atoms with Gasteiger partial charge in [0.1, 0.15) is 18.3 Å². The van der Waals surface area contributed by atoms with E-state index in [1.807, 2.05) is 0 Å². The molecule has 0 aromatic carbocycles. The standard InChI is InChI=1S/C12H19NO11/c13-8-5(17)4(16)3(1-14)24-12(8,22)11(21,2-15)9-6(18)7(19)10(20)23-9/h3-5,8-9,14-19,21-22H,1-2,13H2/t3-,4-,5+,8-,9+,11-,12-/m1/s1. The summed E-state index contributed by atoms with van der Waals surface area (Å²) in [6.07, 6.45) is -7.47. The van der Waals surface area contributed by atoms with E-state index >= 15 is 0 Å². The lowest BCUT2D eigenvalue weighted by atomic mass is 9.77. The van der Waals surface area contributed by atoms with Crippen molar-refractivity contribution in [2.24, 2.45) is 5.73 Å². The van der Waals surface area contributed by atoms with E-state index < -0.39 is 72.5 Å². The molecular formula is C12H19NO11. The number of rotatable bonds is 4. The number of aliphatic hydroxyl groups excluding tert-OH is 6. The fourth-order valence-corrected chi connectivity index (χ4v) is 2.73. The fraction of sp³-hybridized carbons (Fsp3) is 0.750. The summed E-state index contributed by atoms with van der Waals surface area (Å²) >= 11 is 0. The number of carbonyl (C=O) groups excluding carboxylic acids is 1. The van der Waals surface area contributed by atoms with Crippen LogP contribution in [0.3, 0.4) is 0 Å². The number of ether oxygens (including phenoxy) is 2. The fourth-order valence-electron chi connectivity index (χ4n) is 2.73. The molecule has 0 aliphatic carbocycles. The van der Waals surface area contributed by atoms with Gasteiger partial charge in [0, 0.05) is 0 Å². The van der Waals surface area contributed by atoms with Gasteiger partial charge in [0.2, 0.25) is 11.5 Å². The summed E-state index contributed by atoms with van der Waals surface area (Å²) in [6, 6.07) is -1.96. The smallest absolute Gasteiger partial charge is 0.378 e. The van der Waals surface area contributed by atoms with Gasteiger partial charge in [-0.2, -0.15) is 0 Å². The first-order valence-electron chi connectivity index (χ1n) is 6.84. The first-order chi connectivity index (χ1) is 11.0. The van der Waals surface area contributed by atoms with Crippen molar-refractivity contribution in [1.82, 2.24) is 0 Å². The van der Waals surface area contributed by atoms with Crippen LogP contribution in [0.4, 0.5) is 0 Å². The largest absolute Gasteiger partial charge is 0.505 e. The van der Waals surface area contributed by atoms with E-state index in [1.54, 1.807) is 0 Å². The molecule has 0 bridgehead atoms. The number of carbonyl (C=O) groups is 1. The number of esters is 1. The third kappa shape index (κ3) is 2.35. The average Bonchev–Trinajstić information content (AvgIpc) is 2.83. The second-order valence-electron chi connectivity index (χ2n) is 5.64. The molecule has 138 valence electrons. The van der Waals surface area contributed by atoms with Crippen molar-refractivity contribution < 1.29 is 55.1 Å². The molecule has 0 aromatic heterocycles. The molecule has 0 aromatic rings. The summed E-state index contributed by atoms with van der Waals surface area (Å²) in [5.74, 6) is -7.00. The molecule has 2 aliphatic heterocycles. The lowest BCUT2D eigenvalue weighted by molar-refractivity contribution is -0.387. The third-order valence-corrected chi connectivity index (χ3v) is 4.27. The van der Waals surface area contributed by atoms with E-state index in [0.29, 0.717) is 0 Å². The van der Waals surface area contributed by atoms with E-state index in [1.165, 1.54) is 0 Å². The summed E-state index contributed by atoms with van der Waals surface area (Å²) in [4.78, 5) is 11.3. The predicted octanol–water partition coefficient (Wildman–Crippen LogP) is -4.91. The Morgan fingerprint density at radius 1 is 1.21 bits per heavy atom. The highest BCUT2D eigenvalue weighted by atomic mass is 16.7. The van der Waals surface area contributed by atoms with Gasteiger partial charge in [-0.15, -0.1) is 0 Å². The minimum absolute atomic E-state index is 0.910. The molecule has 2 rings (SSSR count). The van der Waals surface area contributed by atoms with Crippen LogP contribution in [0.15, 0.2) is 11.5 Å². The maximum atomic E-state index is 11.3. The zero-order valence-electron chi connectivity index (χ0n) is 12.2. The van der Waals surface area contributed by atoms with Gasteiger partial charge < -0.3 is 56.1 Å². The van der Waals surface area contributed by atoms with Crippen molar-refractivity contribution in [2.75, 3.05) is 13.2 Å². The Hall–Kier alpha value is -1.51.